The molecule has 160 valence electrons. The summed E-state index contributed by atoms with van der Waals surface area (Å²) in [6, 6.07) is 0.166. The first-order valence-electron chi connectivity index (χ1n) is 10.5. The van der Waals surface area contributed by atoms with Gasteiger partial charge in [0.1, 0.15) is 0 Å². The second kappa shape index (κ2) is 16.2. The molecule has 0 aromatic carbocycles. The molecule has 0 aliphatic rings. The van der Waals surface area contributed by atoms with E-state index in [0.29, 0.717) is 17.9 Å². The number of carbonyl (C=O) groups is 2. The minimum absolute atomic E-state index is 0.0601. The van der Waals surface area contributed by atoms with E-state index in [9.17, 15) is 9.59 Å². The highest BCUT2D eigenvalue weighted by molar-refractivity contribution is 7.99. The topological polar surface area (TPSA) is 55.9 Å². The Hall–Kier alpha value is -0.790. The number of likely N-dealkylation sites (N-methyl/N-ethyl adjacent to an activating group) is 2. The van der Waals surface area contributed by atoms with Crippen LogP contribution >= 0.6 is 11.8 Å². The van der Waals surface area contributed by atoms with Crippen molar-refractivity contribution in [3.63, 3.8) is 0 Å². The molecule has 0 heterocycles. The quantitative estimate of drug-likeness (QED) is 0.401. The first-order chi connectivity index (χ1) is 12.9. The number of carbonyl (C=O) groups excluding carboxylic acids is 2. The van der Waals surface area contributed by atoms with Gasteiger partial charge in [0.05, 0.1) is 5.75 Å². The average molecular weight is 403 g/mol. The third-order valence-corrected chi connectivity index (χ3v) is 5.61. The fourth-order valence-electron chi connectivity index (χ4n) is 2.77. The Morgan fingerprint density at radius 1 is 0.852 bits per heavy atom. The number of amides is 2. The van der Waals surface area contributed by atoms with Crippen LogP contribution in [0.3, 0.4) is 0 Å². The van der Waals surface area contributed by atoms with Crippen LogP contribution in [0.25, 0.3) is 0 Å². The summed E-state index contributed by atoms with van der Waals surface area (Å²) in [6.45, 7) is 19.9. The van der Waals surface area contributed by atoms with Gasteiger partial charge in [-0.3, -0.25) is 9.59 Å². The third-order valence-electron chi connectivity index (χ3n) is 4.66. The van der Waals surface area contributed by atoms with Gasteiger partial charge in [-0.1, -0.05) is 27.7 Å². The number of hydrogen-bond acceptors (Lipinski definition) is 5. The standard InChI is InChI=1S/C20H42N4O2S/c1-7-22(8-2)12-14-24(15-13-23(9-3)10-4)20(26)17-27-16-11-19(25)21-18(5)6/h18H,7-17H2,1-6H3,(H,21,25). The summed E-state index contributed by atoms with van der Waals surface area (Å²) in [4.78, 5) is 31.1. The van der Waals surface area contributed by atoms with E-state index in [2.05, 4.69) is 42.8 Å². The van der Waals surface area contributed by atoms with Crippen LogP contribution in [0, 0.1) is 0 Å². The lowest BCUT2D eigenvalue weighted by atomic mass is 10.3. The summed E-state index contributed by atoms with van der Waals surface area (Å²) < 4.78 is 0. The number of nitrogens with zero attached hydrogens (tertiary/aromatic N) is 3. The molecule has 2 amide bonds. The van der Waals surface area contributed by atoms with Crippen molar-refractivity contribution in [2.45, 2.75) is 54.0 Å². The first kappa shape index (κ1) is 26.2. The largest absolute Gasteiger partial charge is 0.354 e. The van der Waals surface area contributed by atoms with Crippen LogP contribution in [0.5, 0.6) is 0 Å². The molecular weight excluding hydrogens is 360 g/mol. The fraction of sp³-hybridized carbons (Fsp3) is 0.900. The van der Waals surface area contributed by atoms with Gasteiger partial charge in [-0.25, -0.2) is 0 Å². The van der Waals surface area contributed by atoms with Gasteiger partial charge in [0.2, 0.25) is 11.8 Å². The van der Waals surface area contributed by atoms with Crippen molar-refractivity contribution < 1.29 is 9.59 Å². The Labute approximate surface area is 171 Å². The summed E-state index contributed by atoms with van der Waals surface area (Å²) in [5, 5.41) is 2.89. The van der Waals surface area contributed by atoms with E-state index in [0.717, 1.165) is 52.4 Å². The second-order valence-electron chi connectivity index (χ2n) is 6.96. The van der Waals surface area contributed by atoms with Crippen molar-refractivity contribution in [3.05, 3.63) is 0 Å². The van der Waals surface area contributed by atoms with E-state index >= 15 is 0 Å². The van der Waals surface area contributed by atoms with Crippen LogP contribution < -0.4 is 5.32 Å². The van der Waals surface area contributed by atoms with Gasteiger partial charge in [0.15, 0.2) is 0 Å². The van der Waals surface area contributed by atoms with Gasteiger partial charge in [-0.15, -0.1) is 0 Å². The lowest BCUT2D eigenvalue weighted by Gasteiger charge is -2.29. The second-order valence-corrected chi connectivity index (χ2v) is 8.06. The molecule has 0 aromatic rings. The van der Waals surface area contributed by atoms with E-state index < -0.39 is 0 Å². The SMILES string of the molecule is CCN(CC)CCN(CCN(CC)CC)C(=O)CSCCC(=O)NC(C)C. The zero-order valence-corrected chi connectivity index (χ0v) is 19.2. The van der Waals surface area contributed by atoms with Crippen LogP contribution in [0.2, 0.25) is 0 Å². The molecule has 0 unspecified atom stereocenters. The van der Waals surface area contributed by atoms with Gasteiger partial charge in [0.25, 0.3) is 0 Å². The molecule has 0 aliphatic carbocycles. The van der Waals surface area contributed by atoms with E-state index in [4.69, 9.17) is 0 Å². The van der Waals surface area contributed by atoms with Gasteiger partial charge in [-0.05, 0) is 40.0 Å². The summed E-state index contributed by atoms with van der Waals surface area (Å²) in [7, 11) is 0. The van der Waals surface area contributed by atoms with Crippen molar-refractivity contribution in [2.24, 2.45) is 0 Å². The van der Waals surface area contributed by atoms with Gasteiger partial charge < -0.3 is 20.0 Å². The molecule has 0 bridgehead atoms. The predicted octanol–water partition coefficient (Wildman–Crippen LogP) is 2.15. The van der Waals surface area contributed by atoms with Crippen molar-refractivity contribution >= 4 is 23.6 Å². The van der Waals surface area contributed by atoms with Crippen LogP contribution in [-0.4, -0.2) is 96.4 Å². The van der Waals surface area contributed by atoms with Crippen molar-refractivity contribution in [1.82, 2.24) is 20.0 Å². The number of rotatable bonds is 16. The Morgan fingerprint density at radius 3 is 1.74 bits per heavy atom. The fourth-order valence-corrected chi connectivity index (χ4v) is 3.61. The van der Waals surface area contributed by atoms with Crippen molar-refractivity contribution in [1.29, 1.82) is 0 Å². The lowest BCUT2D eigenvalue weighted by molar-refractivity contribution is -0.129. The zero-order valence-electron chi connectivity index (χ0n) is 18.4. The van der Waals surface area contributed by atoms with Crippen molar-refractivity contribution in [2.75, 3.05) is 63.9 Å². The molecule has 27 heavy (non-hydrogen) atoms. The van der Waals surface area contributed by atoms with E-state index in [-0.39, 0.29) is 17.9 Å². The highest BCUT2D eigenvalue weighted by Crippen LogP contribution is 2.06. The third kappa shape index (κ3) is 13.1. The molecule has 1 N–H and O–H groups in total. The van der Waals surface area contributed by atoms with Crippen molar-refractivity contribution in [3.8, 4) is 0 Å². The Bertz CT molecular complexity index is 383. The Morgan fingerprint density at radius 2 is 1.33 bits per heavy atom. The van der Waals surface area contributed by atoms with Crippen LogP contribution in [0.1, 0.15) is 48.0 Å². The number of hydrogen-bond donors (Lipinski definition) is 1. The molecular formula is C20H42N4O2S. The monoisotopic (exact) mass is 402 g/mol. The highest BCUT2D eigenvalue weighted by Gasteiger charge is 2.16. The normalized spacial score (nSPS) is 11.4. The summed E-state index contributed by atoms with van der Waals surface area (Å²) in [6.07, 6.45) is 0.467. The van der Waals surface area contributed by atoms with E-state index in [1.807, 2.05) is 18.7 Å². The van der Waals surface area contributed by atoms with Crippen LogP contribution in [0.4, 0.5) is 0 Å². The molecule has 0 radical (unpaired) electrons. The molecule has 0 saturated carbocycles. The molecule has 6 nitrogen and oxygen atoms in total. The van der Waals surface area contributed by atoms with Gasteiger partial charge in [0, 0.05) is 44.4 Å². The molecule has 0 spiro atoms. The Kier molecular flexibility index (Phi) is 15.7. The maximum atomic E-state index is 12.7. The lowest BCUT2D eigenvalue weighted by Crippen LogP contribution is -2.43. The smallest absolute Gasteiger partial charge is 0.232 e. The highest BCUT2D eigenvalue weighted by atomic mass is 32.2. The summed E-state index contributed by atoms with van der Waals surface area (Å²) in [5.41, 5.74) is 0. The minimum atomic E-state index is 0.0601. The summed E-state index contributed by atoms with van der Waals surface area (Å²) >= 11 is 1.56. The summed E-state index contributed by atoms with van der Waals surface area (Å²) in [5.74, 6) is 1.38. The van der Waals surface area contributed by atoms with E-state index in [1.54, 1.807) is 11.8 Å². The molecule has 0 atom stereocenters. The molecule has 0 aliphatic heterocycles. The Balaban J connectivity index is 4.46. The van der Waals surface area contributed by atoms with E-state index in [1.165, 1.54) is 0 Å². The number of thioether (sulfide) groups is 1. The first-order valence-corrected chi connectivity index (χ1v) is 11.6. The van der Waals surface area contributed by atoms with Gasteiger partial charge in [-0.2, -0.15) is 11.8 Å². The minimum Gasteiger partial charge on any atom is -0.354 e. The molecule has 0 aromatic heterocycles. The maximum absolute atomic E-state index is 12.7. The molecule has 0 rings (SSSR count). The molecule has 0 saturated heterocycles. The molecule has 7 heteroatoms. The van der Waals surface area contributed by atoms with Gasteiger partial charge >= 0.3 is 0 Å². The van der Waals surface area contributed by atoms with Crippen LogP contribution in [-0.2, 0) is 9.59 Å². The average Bonchev–Trinajstić information content (AvgIpc) is 2.64. The number of nitrogens with one attached hydrogen (secondary N) is 1. The predicted molar refractivity (Wildman–Crippen MR) is 117 cm³/mol. The molecule has 0 fully saturated rings. The zero-order chi connectivity index (χ0) is 20.7. The van der Waals surface area contributed by atoms with Crippen LogP contribution in [0.15, 0.2) is 0 Å². The maximum Gasteiger partial charge on any atom is 0.232 e.